The molecule has 50 heavy (non-hydrogen) atoms. The third kappa shape index (κ3) is 3.96. The zero-order chi connectivity index (χ0) is 34.4. The van der Waals surface area contributed by atoms with E-state index in [1.54, 1.807) is 22.7 Å². The molecule has 4 aromatic heterocycles. The molecular weight excluding hydrogens is 725 g/mol. The topological polar surface area (TPSA) is 68.3 Å². The molecule has 4 aliphatic rings. The van der Waals surface area contributed by atoms with Gasteiger partial charge in [-0.2, -0.15) is 0 Å². The number of fused-ring (bicyclic) bond motifs is 11. The monoisotopic (exact) mass is 742 g/mol. The largest absolute Gasteiger partial charge is 0.288 e. The Labute approximate surface area is 296 Å². The summed E-state index contributed by atoms with van der Waals surface area (Å²) in [7, 11) is 0. The van der Waals surface area contributed by atoms with Crippen molar-refractivity contribution in [1.29, 1.82) is 0 Å². The van der Waals surface area contributed by atoms with Crippen molar-refractivity contribution in [3.05, 3.63) is 114 Å². The second-order valence-corrected chi connectivity index (χ2v) is 17.3. The van der Waals surface area contributed by atoms with E-state index in [2.05, 4.69) is 0 Å². The highest BCUT2D eigenvalue weighted by molar-refractivity contribution is 7.35. The second-order valence-electron chi connectivity index (χ2n) is 13.0. The number of benzene rings is 2. The van der Waals surface area contributed by atoms with Gasteiger partial charge < -0.3 is 0 Å². The Morgan fingerprint density at radius 3 is 1.22 bits per heavy atom. The molecule has 0 bridgehead atoms. The molecule has 1 fully saturated rings. The molecule has 10 rings (SSSR count). The molecule has 0 atom stereocenters. The van der Waals surface area contributed by atoms with Gasteiger partial charge in [0.25, 0.3) is 0 Å². The van der Waals surface area contributed by atoms with Crippen LogP contribution in [0.5, 0.6) is 0 Å². The van der Waals surface area contributed by atoms with Gasteiger partial charge in [-0.15, -0.1) is 45.3 Å². The number of hydrogen-bond acceptors (Lipinski definition) is 8. The fourth-order valence-corrected chi connectivity index (χ4v) is 13.8. The maximum atomic E-state index is 13.9. The molecule has 246 valence electrons. The molecule has 0 amide bonds. The average molecular weight is 743 g/mol. The molecule has 1 saturated carbocycles. The quantitative estimate of drug-likeness (QED) is 0.101. The zero-order valence-corrected chi connectivity index (χ0v) is 28.7. The lowest BCUT2D eigenvalue weighted by Crippen LogP contribution is -2.27. The van der Waals surface area contributed by atoms with Crippen LogP contribution >= 0.6 is 45.3 Å². The first kappa shape index (κ1) is 30.5. The van der Waals surface area contributed by atoms with Crippen molar-refractivity contribution in [2.45, 2.75) is 37.5 Å². The lowest BCUT2D eigenvalue weighted by atomic mass is 9.68. The number of carbonyl (C=O) groups is 4. The number of hydrogen-bond donors (Lipinski definition) is 0. The third-order valence-electron chi connectivity index (χ3n) is 10.3. The van der Waals surface area contributed by atoms with Crippen LogP contribution in [0.4, 0.5) is 17.6 Å². The van der Waals surface area contributed by atoms with Gasteiger partial charge >= 0.3 is 0 Å². The predicted molar refractivity (Wildman–Crippen MR) is 188 cm³/mol. The van der Waals surface area contributed by atoms with Crippen LogP contribution in [0.2, 0.25) is 0 Å². The van der Waals surface area contributed by atoms with Gasteiger partial charge in [-0.05, 0) is 61.4 Å². The van der Waals surface area contributed by atoms with Crippen LogP contribution in [-0.2, 0) is 5.41 Å². The molecule has 0 N–H and O–H groups in total. The molecule has 12 heteroatoms. The van der Waals surface area contributed by atoms with Crippen LogP contribution in [-0.4, -0.2) is 23.1 Å². The first-order chi connectivity index (χ1) is 24.0. The van der Waals surface area contributed by atoms with Crippen LogP contribution in [0.1, 0.15) is 94.4 Å². The molecule has 6 aromatic rings. The Bertz CT molecular complexity index is 2450. The maximum Gasteiger partial charge on any atom is 0.197 e. The molecule has 0 unspecified atom stereocenters. The summed E-state index contributed by atoms with van der Waals surface area (Å²) in [5, 5.41) is 0. The Morgan fingerprint density at radius 2 is 0.860 bits per heavy atom. The Kier molecular flexibility index (Phi) is 6.30. The van der Waals surface area contributed by atoms with Crippen LogP contribution < -0.4 is 0 Å². The van der Waals surface area contributed by atoms with Crippen molar-refractivity contribution >= 4 is 99.4 Å². The summed E-state index contributed by atoms with van der Waals surface area (Å²) in [5.41, 5.74) is 1.54. The van der Waals surface area contributed by atoms with E-state index in [1.165, 1.54) is 55.7 Å². The smallest absolute Gasteiger partial charge is 0.197 e. The van der Waals surface area contributed by atoms with Gasteiger partial charge in [-0.1, -0.05) is 19.3 Å². The highest BCUT2D eigenvalue weighted by Gasteiger charge is 2.49. The standard InChI is InChI=1S/C38H18F4O4S4/c39-22-10-16-17(11-23(22)40)31(44)20(30(16)43)6-14-8-26-34(47-14)28-36(49-26)37-29(38(28)4-2-1-3-5-38)35-27(50-37)9-15(48-35)7-21-32(45)18-12-24(41)25(42)13-19(18)33(21)46/h6-13H,1-5H2. The minimum atomic E-state index is -1.17. The van der Waals surface area contributed by atoms with Crippen molar-refractivity contribution in [2.75, 3.05) is 0 Å². The minimum absolute atomic E-state index is 0.110. The normalized spacial score (nSPS) is 17.4. The average Bonchev–Trinajstić information content (AvgIpc) is 3.93. The van der Waals surface area contributed by atoms with Crippen molar-refractivity contribution in [3.8, 4) is 9.75 Å². The SMILES string of the molecule is O=C1C(=Cc2cc3sc4c(c3s2)C2(CCCCC2)c2c-4sc3cc(C=C4C(=O)c5cc(F)c(F)cc5C4=O)sc23)C(=O)c2cc(F)c(F)cc21. The first-order valence-corrected chi connectivity index (χ1v) is 19.0. The van der Waals surface area contributed by atoms with Crippen molar-refractivity contribution in [3.63, 3.8) is 0 Å². The molecule has 0 saturated heterocycles. The van der Waals surface area contributed by atoms with Gasteiger partial charge in [0.2, 0.25) is 0 Å². The van der Waals surface area contributed by atoms with Gasteiger partial charge in [0.15, 0.2) is 46.4 Å². The molecule has 0 aliphatic heterocycles. The number of halogens is 4. The summed E-state index contributed by atoms with van der Waals surface area (Å²) >= 11 is 6.37. The molecule has 4 heterocycles. The van der Waals surface area contributed by atoms with Gasteiger partial charge in [0.1, 0.15) is 0 Å². The number of thiophene rings is 4. The Hall–Kier alpha value is -4.36. The molecule has 0 radical (unpaired) electrons. The number of allylic oxidation sites excluding steroid dienone is 2. The van der Waals surface area contributed by atoms with E-state index in [0.29, 0.717) is 9.75 Å². The lowest BCUT2D eigenvalue weighted by Gasteiger charge is -2.35. The van der Waals surface area contributed by atoms with E-state index in [0.717, 1.165) is 75.2 Å². The predicted octanol–water partition coefficient (Wildman–Crippen LogP) is 11.0. The number of carbonyl (C=O) groups excluding carboxylic acids is 4. The van der Waals surface area contributed by atoms with E-state index in [1.807, 2.05) is 12.1 Å². The van der Waals surface area contributed by atoms with E-state index in [4.69, 9.17) is 0 Å². The molecule has 1 spiro atoms. The van der Waals surface area contributed by atoms with E-state index in [-0.39, 0.29) is 38.8 Å². The second kappa shape index (κ2) is 10.3. The Morgan fingerprint density at radius 1 is 0.500 bits per heavy atom. The highest BCUT2D eigenvalue weighted by atomic mass is 32.1. The minimum Gasteiger partial charge on any atom is -0.288 e. The van der Waals surface area contributed by atoms with Crippen molar-refractivity contribution in [2.24, 2.45) is 0 Å². The van der Waals surface area contributed by atoms with E-state index >= 15 is 0 Å². The highest BCUT2D eigenvalue weighted by Crippen LogP contribution is 2.66. The Balaban J connectivity index is 1.06. The van der Waals surface area contributed by atoms with Gasteiger partial charge in [-0.25, -0.2) is 17.6 Å². The van der Waals surface area contributed by atoms with Crippen LogP contribution in [0.3, 0.4) is 0 Å². The summed E-state index contributed by atoms with van der Waals surface area (Å²) in [4.78, 5) is 56.2. The van der Waals surface area contributed by atoms with Crippen molar-refractivity contribution < 1.29 is 36.7 Å². The number of rotatable bonds is 2. The fraction of sp³-hybridized carbons (Fsp3) is 0.158. The van der Waals surface area contributed by atoms with Crippen molar-refractivity contribution in [1.82, 2.24) is 0 Å². The first-order valence-electron chi connectivity index (χ1n) is 15.8. The summed E-state index contributed by atoms with van der Waals surface area (Å²) in [6.07, 6.45) is 8.16. The maximum absolute atomic E-state index is 13.9. The molecule has 4 aliphatic carbocycles. The molecule has 2 aromatic carbocycles. The molecular formula is C38H18F4O4S4. The summed E-state index contributed by atoms with van der Waals surface area (Å²) in [6, 6.07) is 7.10. The van der Waals surface area contributed by atoms with Crippen LogP contribution in [0.25, 0.3) is 40.7 Å². The van der Waals surface area contributed by atoms with Gasteiger partial charge in [0, 0.05) is 57.9 Å². The van der Waals surface area contributed by atoms with Crippen LogP contribution in [0.15, 0.2) is 47.5 Å². The van der Waals surface area contributed by atoms with Gasteiger partial charge in [0.05, 0.1) is 30.3 Å². The zero-order valence-electron chi connectivity index (χ0n) is 25.4. The summed E-state index contributed by atoms with van der Waals surface area (Å²) < 4.78 is 59.9. The van der Waals surface area contributed by atoms with Crippen LogP contribution in [0, 0.1) is 23.3 Å². The molecule has 4 nitrogen and oxygen atoms in total. The number of ketones is 4. The van der Waals surface area contributed by atoms with Gasteiger partial charge in [-0.3, -0.25) is 19.2 Å². The van der Waals surface area contributed by atoms with E-state index in [9.17, 15) is 36.7 Å². The summed E-state index contributed by atoms with van der Waals surface area (Å²) in [5.74, 6) is -7.17. The fourth-order valence-electron chi connectivity index (χ4n) is 8.10. The summed E-state index contributed by atoms with van der Waals surface area (Å²) in [6.45, 7) is 0. The van der Waals surface area contributed by atoms with E-state index < -0.39 is 46.4 Å². The number of Topliss-reactive ketones (excluding diaryl/α,β-unsaturated/α-hetero) is 4. The lowest BCUT2D eigenvalue weighted by molar-refractivity contribution is 0.0975. The third-order valence-corrected chi connectivity index (χ3v) is 15.2.